The molecular weight excluding hydrogens is 432 g/mol. The molecule has 4 aliphatic rings. The Morgan fingerprint density at radius 1 is 0.750 bits per heavy atom. The highest BCUT2D eigenvalue weighted by Crippen LogP contribution is 2.69. The van der Waals surface area contributed by atoms with E-state index in [1.165, 1.54) is 60.8 Å². The van der Waals surface area contributed by atoms with Crippen LogP contribution in [0, 0.1) is 29.1 Å². The van der Waals surface area contributed by atoms with Gasteiger partial charge in [-0.15, -0.1) is 0 Å². The van der Waals surface area contributed by atoms with Gasteiger partial charge in [-0.3, -0.25) is 0 Å². The minimum atomic E-state index is 0.148. The molecule has 0 amide bonds. The highest BCUT2D eigenvalue weighted by molar-refractivity contribution is 5.82. The zero-order valence-electron chi connectivity index (χ0n) is 25.0. The molecule has 0 nitrogen and oxygen atoms in total. The van der Waals surface area contributed by atoms with Crippen molar-refractivity contribution in [2.45, 2.75) is 124 Å². The smallest absolute Gasteiger partial charge is 0.0246 e. The van der Waals surface area contributed by atoms with Gasteiger partial charge >= 0.3 is 0 Å². The molecule has 2 bridgehead atoms. The summed E-state index contributed by atoms with van der Waals surface area (Å²) in [5.41, 5.74) is 10.4. The molecule has 2 aromatic rings. The Kier molecular flexibility index (Phi) is 6.14. The summed E-state index contributed by atoms with van der Waals surface area (Å²) in [6, 6.07) is 15.2. The van der Waals surface area contributed by atoms with Gasteiger partial charge in [-0.25, -0.2) is 0 Å². The third-order valence-corrected chi connectivity index (χ3v) is 11.2. The van der Waals surface area contributed by atoms with Crippen molar-refractivity contribution in [2.24, 2.45) is 29.1 Å². The van der Waals surface area contributed by atoms with Crippen LogP contribution < -0.4 is 0 Å². The van der Waals surface area contributed by atoms with Crippen molar-refractivity contribution >= 4 is 0 Å². The summed E-state index contributed by atoms with van der Waals surface area (Å²) in [6.07, 6.45) is 8.12. The van der Waals surface area contributed by atoms with Crippen molar-refractivity contribution in [3.05, 3.63) is 58.7 Å². The fraction of sp³-hybridized carbons (Fsp3) is 0.667. The van der Waals surface area contributed by atoms with Crippen molar-refractivity contribution in [2.75, 3.05) is 0 Å². The highest BCUT2D eigenvalue weighted by atomic mass is 14.7. The van der Waals surface area contributed by atoms with Crippen LogP contribution >= 0.6 is 0 Å². The molecule has 4 unspecified atom stereocenters. The number of benzene rings is 2. The summed E-state index contributed by atoms with van der Waals surface area (Å²) >= 11 is 0. The van der Waals surface area contributed by atoms with Crippen molar-refractivity contribution in [3.63, 3.8) is 0 Å². The number of fused-ring (bicyclic) bond motifs is 5. The van der Waals surface area contributed by atoms with Crippen LogP contribution in [-0.4, -0.2) is 0 Å². The van der Waals surface area contributed by atoms with Crippen LogP contribution in [0.25, 0.3) is 11.1 Å². The number of unbranched alkanes of at least 4 members (excludes halogenated alkanes) is 2. The monoisotopic (exact) mass is 484 g/mol. The van der Waals surface area contributed by atoms with Gasteiger partial charge in [0.15, 0.2) is 0 Å². The second-order valence-electron chi connectivity index (χ2n) is 15.5. The lowest BCUT2D eigenvalue weighted by Gasteiger charge is -2.65. The van der Waals surface area contributed by atoms with Crippen molar-refractivity contribution in [1.82, 2.24) is 0 Å². The summed E-state index contributed by atoms with van der Waals surface area (Å²) in [4.78, 5) is 0. The second-order valence-corrected chi connectivity index (χ2v) is 15.5. The lowest BCUT2D eigenvalue weighted by Crippen LogP contribution is -2.59. The van der Waals surface area contributed by atoms with Gasteiger partial charge in [0, 0.05) is 5.41 Å². The molecular formula is C36H52. The maximum atomic E-state index is 2.66. The molecule has 0 heterocycles. The molecule has 0 aromatic heterocycles. The summed E-state index contributed by atoms with van der Waals surface area (Å²) in [7, 11) is 0. The Labute approximate surface area is 222 Å². The molecule has 6 rings (SSSR count). The molecule has 196 valence electrons. The quantitative estimate of drug-likeness (QED) is 0.370. The predicted molar refractivity (Wildman–Crippen MR) is 157 cm³/mol. The first-order valence-electron chi connectivity index (χ1n) is 15.0. The van der Waals surface area contributed by atoms with E-state index >= 15 is 0 Å². The fourth-order valence-electron chi connectivity index (χ4n) is 8.68. The lowest BCUT2D eigenvalue weighted by atomic mass is 9.39. The average molecular weight is 485 g/mol. The number of hydrogen-bond donors (Lipinski definition) is 0. The van der Waals surface area contributed by atoms with Crippen LogP contribution in [0.1, 0.15) is 130 Å². The minimum absolute atomic E-state index is 0.148. The highest BCUT2D eigenvalue weighted by Gasteiger charge is 2.62. The van der Waals surface area contributed by atoms with E-state index in [4.69, 9.17) is 0 Å². The van der Waals surface area contributed by atoms with Gasteiger partial charge in [0.2, 0.25) is 0 Å². The van der Waals surface area contributed by atoms with Gasteiger partial charge in [-0.2, -0.15) is 0 Å². The van der Waals surface area contributed by atoms with Crippen molar-refractivity contribution < 1.29 is 0 Å². The Bertz CT molecular complexity index is 1070. The van der Waals surface area contributed by atoms with Gasteiger partial charge in [0.1, 0.15) is 0 Å². The van der Waals surface area contributed by atoms with Gasteiger partial charge in [-0.05, 0) is 92.6 Å². The summed E-state index contributed by atoms with van der Waals surface area (Å²) in [6.45, 7) is 24.4. The average Bonchev–Trinajstić information content (AvgIpc) is 3.07. The van der Waals surface area contributed by atoms with Gasteiger partial charge < -0.3 is 0 Å². The molecule has 0 aliphatic heterocycles. The van der Waals surface area contributed by atoms with E-state index in [-0.39, 0.29) is 16.2 Å². The SMILES string of the molecule is CCCCCC1(C2CC3CC(C2C)C3(C)C)c2cc(C(C)(C)C)ccc2-c2ccc(C(C)(C)C)cc21. The van der Waals surface area contributed by atoms with E-state index in [0.29, 0.717) is 5.41 Å². The molecule has 3 saturated carbocycles. The largest absolute Gasteiger partial charge is 0.0654 e. The third kappa shape index (κ3) is 3.75. The van der Waals surface area contributed by atoms with Crippen LogP contribution in [0.5, 0.6) is 0 Å². The topological polar surface area (TPSA) is 0 Å². The Hall–Kier alpha value is -1.56. The van der Waals surface area contributed by atoms with Crippen molar-refractivity contribution in [3.8, 4) is 11.1 Å². The van der Waals surface area contributed by atoms with Crippen LogP contribution in [0.2, 0.25) is 0 Å². The Balaban J connectivity index is 1.77. The first-order chi connectivity index (χ1) is 16.7. The third-order valence-electron chi connectivity index (χ3n) is 11.2. The lowest BCUT2D eigenvalue weighted by molar-refractivity contribution is -0.142. The van der Waals surface area contributed by atoms with Gasteiger partial charge in [0.25, 0.3) is 0 Å². The summed E-state index contributed by atoms with van der Waals surface area (Å²) in [5.74, 6) is 3.25. The first kappa shape index (κ1) is 26.1. The molecule has 0 spiro atoms. The molecule has 0 N–H and O–H groups in total. The number of rotatable bonds is 5. The number of hydrogen-bond acceptors (Lipinski definition) is 0. The zero-order chi connectivity index (χ0) is 26.3. The molecule has 0 saturated heterocycles. The minimum Gasteiger partial charge on any atom is -0.0654 e. The molecule has 3 fully saturated rings. The fourth-order valence-corrected chi connectivity index (χ4v) is 8.68. The van der Waals surface area contributed by atoms with E-state index in [9.17, 15) is 0 Å². The predicted octanol–water partition coefficient (Wildman–Crippen LogP) is 10.4. The molecule has 36 heavy (non-hydrogen) atoms. The van der Waals surface area contributed by atoms with Crippen LogP contribution in [0.15, 0.2) is 36.4 Å². The standard InChI is InChI=1S/C36H52/c1-11-12-13-18-36(30-22-26-21-29(23(30)2)35(26,9)10)31-19-24(33(3,4)5)14-16-27(31)28-17-15-25(20-32(28)36)34(6,7)8/h14-17,19-20,23,26,29-30H,11-13,18,21-22H2,1-10H3. The van der Waals surface area contributed by atoms with Crippen LogP contribution in [0.4, 0.5) is 0 Å². The van der Waals surface area contributed by atoms with E-state index in [2.05, 4.69) is 106 Å². The zero-order valence-corrected chi connectivity index (χ0v) is 25.0. The molecule has 4 aliphatic carbocycles. The van der Waals surface area contributed by atoms with Crippen molar-refractivity contribution in [1.29, 1.82) is 0 Å². The summed E-state index contributed by atoms with van der Waals surface area (Å²) < 4.78 is 0. The maximum absolute atomic E-state index is 2.66. The van der Waals surface area contributed by atoms with E-state index < -0.39 is 0 Å². The Morgan fingerprint density at radius 3 is 1.67 bits per heavy atom. The maximum Gasteiger partial charge on any atom is 0.0246 e. The molecule has 4 atom stereocenters. The summed E-state index contributed by atoms with van der Waals surface area (Å²) in [5, 5.41) is 0. The van der Waals surface area contributed by atoms with E-state index in [0.717, 1.165) is 23.7 Å². The molecule has 2 aromatic carbocycles. The second kappa shape index (κ2) is 8.47. The molecule has 0 heteroatoms. The first-order valence-corrected chi connectivity index (χ1v) is 15.0. The van der Waals surface area contributed by atoms with Gasteiger partial charge in [0.05, 0.1) is 0 Å². The molecule has 0 radical (unpaired) electrons. The van der Waals surface area contributed by atoms with Crippen LogP contribution in [-0.2, 0) is 16.2 Å². The Morgan fingerprint density at radius 2 is 1.25 bits per heavy atom. The van der Waals surface area contributed by atoms with E-state index in [1.54, 1.807) is 11.1 Å². The van der Waals surface area contributed by atoms with E-state index in [1.807, 2.05) is 0 Å². The van der Waals surface area contributed by atoms with Gasteiger partial charge in [-0.1, -0.05) is 125 Å². The van der Waals surface area contributed by atoms with Crippen LogP contribution in [0.3, 0.4) is 0 Å². The normalized spacial score (nSPS) is 27.8.